The van der Waals surface area contributed by atoms with Gasteiger partial charge >= 0.3 is 5.97 Å². The minimum atomic E-state index is -0.633. The van der Waals surface area contributed by atoms with Gasteiger partial charge in [-0.05, 0) is 55.8 Å². The van der Waals surface area contributed by atoms with Gasteiger partial charge in [-0.15, -0.1) is 0 Å². The first-order valence-electron chi connectivity index (χ1n) is 8.20. The van der Waals surface area contributed by atoms with Gasteiger partial charge in [-0.3, -0.25) is 0 Å². The van der Waals surface area contributed by atoms with Gasteiger partial charge in [0.1, 0.15) is 5.82 Å². The first-order chi connectivity index (χ1) is 12.9. The molecule has 1 aliphatic heterocycles. The van der Waals surface area contributed by atoms with E-state index in [0.717, 1.165) is 0 Å². The summed E-state index contributed by atoms with van der Waals surface area (Å²) in [5.74, 6) is -0.172. The molecule has 3 rings (SSSR count). The van der Waals surface area contributed by atoms with Crippen LogP contribution in [0.2, 0.25) is 5.02 Å². The van der Waals surface area contributed by atoms with E-state index in [2.05, 4.69) is 4.99 Å². The average Bonchev–Trinajstić information content (AvgIpc) is 2.97. The Balaban J connectivity index is 1.96. The summed E-state index contributed by atoms with van der Waals surface area (Å²) in [5.41, 5.74) is 1.04. The maximum atomic E-state index is 13.4. The topological polar surface area (TPSA) is 57.1 Å². The van der Waals surface area contributed by atoms with Crippen LogP contribution >= 0.6 is 11.6 Å². The van der Waals surface area contributed by atoms with Crippen molar-refractivity contribution in [2.45, 2.75) is 20.0 Å². The minimum Gasteiger partial charge on any atom is -0.493 e. The maximum Gasteiger partial charge on any atom is 0.363 e. The molecule has 27 heavy (non-hydrogen) atoms. The number of nitrogens with zero attached hydrogens (tertiary/aromatic N) is 1. The van der Waals surface area contributed by atoms with Gasteiger partial charge in [0.15, 0.2) is 17.2 Å². The SMILES string of the molecule is COc1cc(/C=C2\N=C(c3cccc(F)c3)OC2=O)cc(Cl)c1OC(C)C. The Morgan fingerprint density at radius 3 is 2.70 bits per heavy atom. The predicted molar refractivity (Wildman–Crippen MR) is 101 cm³/mol. The molecule has 0 saturated heterocycles. The smallest absolute Gasteiger partial charge is 0.363 e. The summed E-state index contributed by atoms with van der Waals surface area (Å²) < 4.78 is 29.5. The maximum absolute atomic E-state index is 13.4. The molecule has 0 saturated carbocycles. The zero-order chi connectivity index (χ0) is 19.6. The lowest BCUT2D eigenvalue weighted by Crippen LogP contribution is -2.07. The molecule has 0 N–H and O–H groups in total. The zero-order valence-electron chi connectivity index (χ0n) is 15.0. The second-order valence-electron chi connectivity index (χ2n) is 6.05. The van der Waals surface area contributed by atoms with Crippen LogP contribution in [0.15, 0.2) is 47.1 Å². The Bertz CT molecular complexity index is 953. The number of esters is 1. The van der Waals surface area contributed by atoms with Gasteiger partial charge in [0.25, 0.3) is 0 Å². The van der Waals surface area contributed by atoms with Gasteiger partial charge in [0.05, 0.1) is 18.2 Å². The summed E-state index contributed by atoms with van der Waals surface area (Å²) in [6, 6.07) is 8.98. The summed E-state index contributed by atoms with van der Waals surface area (Å²) in [6.07, 6.45) is 1.44. The molecular weight excluding hydrogens is 373 g/mol. The number of benzene rings is 2. The number of carbonyl (C=O) groups excluding carboxylic acids is 1. The fourth-order valence-electron chi connectivity index (χ4n) is 2.49. The van der Waals surface area contributed by atoms with Crippen LogP contribution in [0, 0.1) is 5.82 Å². The van der Waals surface area contributed by atoms with Crippen LogP contribution in [0.25, 0.3) is 6.08 Å². The number of hydrogen-bond acceptors (Lipinski definition) is 5. The molecular formula is C20H17ClFNO4. The fourth-order valence-corrected chi connectivity index (χ4v) is 2.75. The van der Waals surface area contributed by atoms with Crippen molar-refractivity contribution < 1.29 is 23.4 Å². The van der Waals surface area contributed by atoms with Crippen molar-refractivity contribution in [1.82, 2.24) is 0 Å². The van der Waals surface area contributed by atoms with E-state index in [1.54, 1.807) is 18.2 Å². The number of cyclic esters (lactones) is 1. The predicted octanol–water partition coefficient (Wildman–Crippen LogP) is 4.62. The summed E-state index contributed by atoms with van der Waals surface area (Å²) in [7, 11) is 1.50. The first-order valence-corrected chi connectivity index (χ1v) is 8.58. The third-order valence-corrected chi connectivity index (χ3v) is 3.88. The highest BCUT2D eigenvalue weighted by atomic mass is 35.5. The molecule has 1 heterocycles. The lowest BCUT2D eigenvalue weighted by molar-refractivity contribution is -0.129. The van der Waals surface area contributed by atoms with Crippen LogP contribution in [0.4, 0.5) is 4.39 Å². The molecule has 0 bridgehead atoms. The van der Waals surface area contributed by atoms with Crippen molar-refractivity contribution in [2.24, 2.45) is 4.99 Å². The molecule has 0 amide bonds. The van der Waals surface area contributed by atoms with Crippen LogP contribution in [0.3, 0.4) is 0 Å². The lowest BCUT2D eigenvalue weighted by atomic mass is 10.1. The van der Waals surface area contributed by atoms with Crippen molar-refractivity contribution in [3.8, 4) is 11.5 Å². The monoisotopic (exact) mass is 389 g/mol. The highest BCUT2D eigenvalue weighted by molar-refractivity contribution is 6.32. The molecule has 0 spiro atoms. The number of methoxy groups -OCH3 is 1. The fraction of sp³-hybridized carbons (Fsp3) is 0.200. The molecule has 0 radical (unpaired) electrons. The second kappa shape index (κ2) is 7.80. The molecule has 0 unspecified atom stereocenters. The van der Waals surface area contributed by atoms with Crippen molar-refractivity contribution in [3.63, 3.8) is 0 Å². The van der Waals surface area contributed by atoms with Crippen LogP contribution in [0.1, 0.15) is 25.0 Å². The van der Waals surface area contributed by atoms with Crippen molar-refractivity contribution >= 4 is 29.5 Å². The number of carbonyl (C=O) groups is 1. The Labute approximate surface area is 161 Å². The van der Waals surface area contributed by atoms with E-state index >= 15 is 0 Å². The Morgan fingerprint density at radius 1 is 1.26 bits per heavy atom. The van der Waals surface area contributed by atoms with E-state index in [1.807, 2.05) is 13.8 Å². The van der Waals surface area contributed by atoms with Crippen LogP contribution in [-0.4, -0.2) is 25.1 Å². The molecule has 2 aromatic rings. The molecule has 5 nitrogen and oxygen atoms in total. The first kappa shape index (κ1) is 18.9. The summed E-state index contributed by atoms with van der Waals surface area (Å²) in [5, 5.41) is 0.343. The molecule has 0 aromatic heterocycles. The van der Waals surface area contributed by atoms with E-state index < -0.39 is 11.8 Å². The Hall–Kier alpha value is -2.86. The van der Waals surface area contributed by atoms with Gasteiger partial charge in [-0.2, -0.15) is 0 Å². The highest BCUT2D eigenvalue weighted by Gasteiger charge is 2.25. The Morgan fingerprint density at radius 2 is 2.04 bits per heavy atom. The second-order valence-corrected chi connectivity index (χ2v) is 6.45. The number of ether oxygens (including phenoxy) is 3. The summed E-state index contributed by atoms with van der Waals surface area (Å²) >= 11 is 6.29. The summed E-state index contributed by atoms with van der Waals surface area (Å²) in [4.78, 5) is 16.3. The normalized spacial score (nSPS) is 15.1. The van der Waals surface area contributed by atoms with Crippen molar-refractivity contribution in [3.05, 3.63) is 64.1 Å². The summed E-state index contributed by atoms with van der Waals surface area (Å²) in [6.45, 7) is 3.76. The lowest BCUT2D eigenvalue weighted by Gasteiger charge is -2.15. The molecule has 1 aliphatic rings. The van der Waals surface area contributed by atoms with E-state index in [4.69, 9.17) is 25.8 Å². The van der Waals surface area contributed by atoms with E-state index in [1.165, 1.54) is 31.4 Å². The third kappa shape index (κ3) is 4.28. The number of hydrogen-bond donors (Lipinski definition) is 0. The average molecular weight is 390 g/mol. The van der Waals surface area contributed by atoms with Crippen LogP contribution in [-0.2, 0) is 9.53 Å². The van der Waals surface area contributed by atoms with Gasteiger partial charge in [-0.1, -0.05) is 17.7 Å². The molecule has 2 aromatic carbocycles. The van der Waals surface area contributed by atoms with E-state index in [0.29, 0.717) is 27.6 Å². The van der Waals surface area contributed by atoms with Crippen molar-refractivity contribution in [2.75, 3.05) is 7.11 Å². The molecule has 0 aliphatic carbocycles. The van der Waals surface area contributed by atoms with Crippen LogP contribution < -0.4 is 9.47 Å². The number of aliphatic imine (C=N–C) groups is 1. The van der Waals surface area contributed by atoms with Crippen LogP contribution in [0.5, 0.6) is 11.5 Å². The van der Waals surface area contributed by atoms with Gasteiger partial charge < -0.3 is 14.2 Å². The molecule has 140 valence electrons. The molecule has 7 heteroatoms. The molecule has 0 atom stereocenters. The number of rotatable bonds is 5. The van der Waals surface area contributed by atoms with E-state index in [9.17, 15) is 9.18 Å². The molecule has 0 fully saturated rings. The number of halogens is 2. The quantitative estimate of drug-likeness (QED) is 0.553. The Kier molecular flexibility index (Phi) is 5.46. The van der Waals surface area contributed by atoms with Gasteiger partial charge in [-0.25, -0.2) is 14.2 Å². The third-order valence-electron chi connectivity index (χ3n) is 3.60. The van der Waals surface area contributed by atoms with E-state index in [-0.39, 0.29) is 17.7 Å². The zero-order valence-corrected chi connectivity index (χ0v) is 15.7. The highest BCUT2D eigenvalue weighted by Crippen LogP contribution is 2.38. The largest absolute Gasteiger partial charge is 0.493 e. The van der Waals surface area contributed by atoms with Gasteiger partial charge in [0.2, 0.25) is 5.90 Å². The standard InChI is InChI=1S/C20H17ClFNO4/c1-11(2)26-18-15(21)7-12(9-17(18)25-3)8-16-20(24)27-19(23-16)13-5-4-6-14(22)10-13/h4-11H,1-3H3/b16-8-. The van der Waals surface area contributed by atoms with Gasteiger partial charge in [0, 0.05) is 5.56 Å². The van der Waals surface area contributed by atoms with Crippen molar-refractivity contribution in [1.29, 1.82) is 0 Å². The minimum absolute atomic E-state index is 0.0450.